The van der Waals surface area contributed by atoms with Gasteiger partial charge < -0.3 is 20.7 Å². The molecule has 0 saturated heterocycles. The molecule has 3 rings (SSSR count). The molecule has 0 saturated carbocycles. The van der Waals surface area contributed by atoms with Crippen LogP contribution >= 0.6 is 11.3 Å². The fourth-order valence-electron chi connectivity index (χ4n) is 3.00. The van der Waals surface area contributed by atoms with Crippen LogP contribution in [0.4, 0.5) is 10.8 Å². The molecule has 0 aliphatic heterocycles. The summed E-state index contributed by atoms with van der Waals surface area (Å²) in [6.07, 6.45) is 1.21. The topological polar surface area (TPSA) is 92.4 Å². The van der Waals surface area contributed by atoms with Crippen molar-refractivity contribution in [3.05, 3.63) is 71.2 Å². The van der Waals surface area contributed by atoms with E-state index in [4.69, 9.17) is 4.74 Å². The van der Waals surface area contributed by atoms with Crippen LogP contribution in [0.25, 0.3) is 0 Å². The Kier molecular flexibility index (Phi) is 8.21. The lowest BCUT2D eigenvalue weighted by molar-refractivity contribution is -0.123. The number of benzene rings is 2. The van der Waals surface area contributed by atoms with Gasteiger partial charge in [0.25, 0.3) is 5.91 Å². The van der Waals surface area contributed by atoms with E-state index in [2.05, 4.69) is 20.9 Å². The Balaban J connectivity index is 1.70. The molecular formula is C24H28N4O3S. The molecule has 3 aromatic rings. The molecule has 2 atom stereocenters. The van der Waals surface area contributed by atoms with Crippen LogP contribution in [0.1, 0.15) is 36.3 Å². The molecule has 0 fully saturated rings. The molecule has 0 aliphatic carbocycles. The van der Waals surface area contributed by atoms with E-state index in [9.17, 15) is 9.59 Å². The van der Waals surface area contributed by atoms with Gasteiger partial charge in [-0.15, -0.1) is 11.3 Å². The predicted octanol–water partition coefficient (Wildman–Crippen LogP) is 4.15. The zero-order chi connectivity index (χ0) is 22.9. The molecule has 2 aromatic carbocycles. The second-order valence-corrected chi connectivity index (χ2v) is 8.29. The van der Waals surface area contributed by atoms with E-state index < -0.39 is 6.04 Å². The largest absolute Gasteiger partial charge is 0.497 e. The van der Waals surface area contributed by atoms with Crippen LogP contribution in [-0.4, -0.2) is 36.0 Å². The summed E-state index contributed by atoms with van der Waals surface area (Å²) in [6, 6.07) is 16.4. The normalized spacial score (nSPS) is 12.5. The molecule has 8 heteroatoms. The quantitative estimate of drug-likeness (QED) is 0.430. The maximum Gasteiger partial charge on any atom is 0.271 e. The lowest BCUT2D eigenvalue weighted by Gasteiger charge is -2.20. The number of hydrogen-bond donors (Lipinski definition) is 3. The van der Waals surface area contributed by atoms with Crippen molar-refractivity contribution in [3.8, 4) is 5.75 Å². The Hall–Kier alpha value is -3.39. The zero-order valence-electron chi connectivity index (χ0n) is 18.4. The van der Waals surface area contributed by atoms with Crippen LogP contribution in [-0.2, 0) is 11.2 Å². The molecule has 0 bridgehead atoms. The minimum atomic E-state index is -0.699. The second kappa shape index (κ2) is 11.3. The molecule has 2 unspecified atom stereocenters. The number of rotatable bonds is 10. The Bertz CT molecular complexity index is 1040. The fraction of sp³-hybridized carbons (Fsp3) is 0.292. The Morgan fingerprint density at radius 2 is 1.88 bits per heavy atom. The first-order valence-corrected chi connectivity index (χ1v) is 11.4. The smallest absolute Gasteiger partial charge is 0.271 e. The third kappa shape index (κ3) is 6.55. The van der Waals surface area contributed by atoms with Gasteiger partial charge in [-0.1, -0.05) is 43.3 Å². The van der Waals surface area contributed by atoms with Gasteiger partial charge in [0.15, 0.2) is 5.13 Å². The van der Waals surface area contributed by atoms with Crippen LogP contribution < -0.4 is 20.7 Å². The summed E-state index contributed by atoms with van der Waals surface area (Å²) >= 11 is 1.32. The highest BCUT2D eigenvalue weighted by atomic mass is 32.1. The number of nitrogens with zero attached hydrogens (tertiary/aromatic N) is 1. The molecule has 32 heavy (non-hydrogen) atoms. The van der Waals surface area contributed by atoms with Gasteiger partial charge in [0.2, 0.25) is 5.91 Å². The number of hydrogen-bond acceptors (Lipinski definition) is 6. The number of methoxy groups -OCH3 is 1. The van der Waals surface area contributed by atoms with Crippen molar-refractivity contribution in [3.63, 3.8) is 0 Å². The molecule has 168 valence electrons. The van der Waals surface area contributed by atoms with Gasteiger partial charge in [0.05, 0.1) is 7.11 Å². The molecule has 2 amide bonds. The van der Waals surface area contributed by atoms with Crippen LogP contribution in [0.3, 0.4) is 0 Å². The van der Waals surface area contributed by atoms with E-state index >= 15 is 0 Å². The highest BCUT2D eigenvalue weighted by molar-refractivity contribution is 7.14. The number of nitrogens with one attached hydrogen (secondary N) is 3. The Morgan fingerprint density at radius 3 is 2.59 bits per heavy atom. The predicted molar refractivity (Wildman–Crippen MR) is 128 cm³/mol. The average molecular weight is 453 g/mol. The highest BCUT2D eigenvalue weighted by Gasteiger charge is 2.24. The zero-order valence-corrected chi connectivity index (χ0v) is 19.2. The second-order valence-electron chi connectivity index (χ2n) is 7.43. The van der Waals surface area contributed by atoms with Crippen molar-refractivity contribution in [2.75, 3.05) is 12.4 Å². The van der Waals surface area contributed by atoms with Crippen LogP contribution in [0.5, 0.6) is 5.75 Å². The third-order valence-electron chi connectivity index (χ3n) is 4.96. The minimum absolute atomic E-state index is 0.0237. The van der Waals surface area contributed by atoms with Gasteiger partial charge in [0, 0.05) is 29.6 Å². The van der Waals surface area contributed by atoms with Gasteiger partial charge in [-0.3, -0.25) is 9.59 Å². The van der Waals surface area contributed by atoms with Crippen molar-refractivity contribution < 1.29 is 14.3 Å². The maximum absolute atomic E-state index is 12.9. The van der Waals surface area contributed by atoms with Crippen LogP contribution in [0, 0.1) is 0 Å². The van der Waals surface area contributed by atoms with E-state index in [0.717, 1.165) is 23.4 Å². The first kappa shape index (κ1) is 23.3. The van der Waals surface area contributed by atoms with Crippen molar-refractivity contribution in [2.45, 2.75) is 38.8 Å². The summed E-state index contributed by atoms with van der Waals surface area (Å²) in [7, 11) is 1.61. The van der Waals surface area contributed by atoms with E-state index in [1.807, 2.05) is 68.4 Å². The number of aromatic nitrogens is 1. The first-order valence-electron chi connectivity index (χ1n) is 10.5. The lowest BCUT2D eigenvalue weighted by Crippen LogP contribution is -2.50. The van der Waals surface area contributed by atoms with Gasteiger partial charge in [-0.2, -0.15) is 0 Å². The van der Waals surface area contributed by atoms with E-state index in [1.54, 1.807) is 12.5 Å². The number of carbonyl (C=O) groups is 2. The molecule has 1 aromatic heterocycles. The van der Waals surface area contributed by atoms with Gasteiger partial charge in [0.1, 0.15) is 17.5 Å². The van der Waals surface area contributed by atoms with Crippen LogP contribution in [0.15, 0.2) is 60.0 Å². The van der Waals surface area contributed by atoms with E-state index in [1.165, 1.54) is 11.3 Å². The van der Waals surface area contributed by atoms with E-state index in [0.29, 0.717) is 11.6 Å². The number of anilines is 2. The molecule has 7 nitrogen and oxygen atoms in total. The first-order chi connectivity index (χ1) is 15.5. The van der Waals surface area contributed by atoms with Crippen LogP contribution in [0.2, 0.25) is 0 Å². The monoisotopic (exact) mass is 452 g/mol. The number of carbonyl (C=O) groups excluding carboxylic acids is 2. The number of thiazole rings is 1. The summed E-state index contributed by atoms with van der Waals surface area (Å²) in [4.78, 5) is 30.1. The summed E-state index contributed by atoms with van der Waals surface area (Å²) in [6.45, 7) is 3.94. The molecule has 0 aliphatic rings. The highest BCUT2D eigenvalue weighted by Crippen LogP contribution is 2.24. The minimum Gasteiger partial charge on any atom is -0.497 e. The van der Waals surface area contributed by atoms with Gasteiger partial charge in [-0.05, 0) is 31.0 Å². The van der Waals surface area contributed by atoms with Crippen molar-refractivity contribution >= 4 is 34.0 Å². The molecule has 1 heterocycles. The standard InChI is InChI=1S/C24H28N4O3S/c1-4-16(2)25-22(29)20(13-17-9-6-5-7-10-17)27-23(30)21-15-32-24(28-21)26-18-11-8-12-19(14-18)31-3/h5-12,14-16,20H,4,13H2,1-3H3,(H,25,29)(H,26,28)(H,27,30). The number of ether oxygens (including phenoxy) is 1. The summed E-state index contributed by atoms with van der Waals surface area (Å²) in [5.74, 6) is 0.127. The van der Waals surface area contributed by atoms with Crippen molar-refractivity contribution in [2.24, 2.45) is 0 Å². The van der Waals surface area contributed by atoms with Gasteiger partial charge in [-0.25, -0.2) is 4.98 Å². The summed E-state index contributed by atoms with van der Waals surface area (Å²) < 4.78 is 5.23. The fourth-order valence-corrected chi connectivity index (χ4v) is 3.71. The van der Waals surface area contributed by atoms with Crippen molar-refractivity contribution in [1.82, 2.24) is 15.6 Å². The maximum atomic E-state index is 12.9. The van der Waals surface area contributed by atoms with E-state index in [-0.39, 0.29) is 23.6 Å². The number of amides is 2. The summed E-state index contributed by atoms with van der Waals surface area (Å²) in [5.41, 5.74) is 2.03. The van der Waals surface area contributed by atoms with Crippen molar-refractivity contribution in [1.29, 1.82) is 0 Å². The molecule has 0 spiro atoms. The third-order valence-corrected chi connectivity index (χ3v) is 5.72. The average Bonchev–Trinajstić information content (AvgIpc) is 3.27. The Labute approximate surface area is 192 Å². The lowest BCUT2D eigenvalue weighted by atomic mass is 10.0. The Morgan fingerprint density at radius 1 is 1.09 bits per heavy atom. The molecular weight excluding hydrogens is 424 g/mol. The molecule has 0 radical (unpaired) electrons. The SMILES string of the molecule is CCC(C)NC(=O)C(Cc1ccccc1)NC(=O)c1csc(Nc2cccc(OC)c2)n1. The molecule has 3 N–H and O–H groups in total. The van der Waals surface area contributed by atoms with Gasteiger partial charge >= 0.3 is 0 Å². The summed E-state index contributed by atoms with van der Waals surface area (Å²) in [5, 5.41) is 11.2.